The second-order valence-electron chi connectivity index (χ2n) is 3.67. The number of nitrogens with zero attached hydrogens (tertiary/aromatic N) is 4. The zero-order valence-corrected chi connectivity index (χ0v) is 11.1. The number of hydrogen-bond donors (Lipinski definition) is 1. The van der Waals surface area contributed by atoms with Crippen LogP contribution in [0.3, 0.4) is 0 Å². The summed E-state index contributed by atoms with van der Waals surface area (Å²) in [4.78, 5) is 0. The summed E-state index contributed by atoms with van der Waals surface area (Å²) in [5, 5.41) is 20.6. The van der Waals surface area contributed by atoms with Crippen LogP contribution in [0, 0.1) is 5.82 Å². The van der Waals surface area contributed by atoms with Gasteiger partial charge in [-0.2, -0.15) is 0 Å². The molecular weight excluding hydrogens is 271 g/mol. The van der Waals surface area contributed by atoms with Crippen LogP contribution >= 0.6 is 11.8 Å². The average molecular weight is 284 g/mol. The van der Waals surface area contributed by atoms with Crippen LogP contribution in [-0.2, 0) is 12.3 Å². The largest absolute Gasteiger partial charge is 0.494 e. The van der Waals surface area contributed by atoms with Gasteiger partial charge in [0.15, 0.2) is 11.6 Å². The Morgan fingerprint density at radius 3 is 3.00 bits per heavy atom. The number of aliphatic hydroxyl groups excluding tert-OH is 1. The van der Waals surface area contributed by atoms with Crippen molar-refractivity contribution in [1.29, 1.82) is 0 Å². The molecule has 0 radical (unpaired) electrons. The molecule has 1 N–H and O–H groups in total. The van der Waals surface area contributed by atoms with E-state index in [2.05, 4.69) is 15.5 Å². The summed E-state index contributed by atoms with van der Waals surface area (Å²) in [6.07, 6.45) is 0. The molecule has 8 heteroatoms. The number of halogens is 1. The van der Waals surface area contributed by atoms with Gasteiger partial charge in [-0.3, -0.25) is 0 Å². The number of benzene rings is 1. The molecule has 0 saturated carbocycles. The van der Waals surface area contributed by atoms with Gasteiger partial charge in [0.2, 0.25) is 5.16 Å². The third kappa shape index (κ3) is 3.42. The van der Waals surface area contributed by atoms with E-state index >= 15 is 0 Å². The summed E-state index contributed by atoms with van der Waals surface area (Å²) in [7, 11) is 1.43. The van der Waals surface area contributed by atoms with Crippen molar-refractivity contribution in [2.75, 3.05) is 13.7 Å². The average Bonchev–Trinajstić information content (AvgIpc) is 2.84. The van der Waals surface area contributed by atoms with Gasteiger partial charge in [-0.05, 0) is 28.1 Å². The van der Waals surface area contributed by atoms with Crippen molar-refractivity contribution in [1.82, 2.24) is 20.2 Å². The molecule has 102 valence electrons. The maximum Gasteiger partial charge on any atom is 0.209 e. The lowest BCUT2D eigenvalue weighted by Crippen LogP contribution is -2.05. The van der Waals surface area contributed by atoms with Crippen LogP contribution in [-0.4, -0.2) is 39.0 Å². The molecule has 0 atom stereocenters. The van der Waals surface area contributed by atoms with Crippen molar-refractivity contribution < 1.29 is 14.2 Å². The van der Waals surface area contributed by atoms with Crippen molar-refractivity contribution in [2.45, 2.75) is 17.5 Å². The number of rotatable bonds is 6. The second kappa shape index (κ2) is 6.48. The van der Waals surface area contributed by atoms with Crippen LogP contribution in [0.25, 0.3) is 0 Å². The Balaban J connectivity index is 2.02. The van der Waals surface area contributed by atoms with Crippen molar-refractivity contribution >= 4 is 11.8 Å². The van der Waals surface area contributed by atoms with Gasteiger partial charge in [-0.25, -0.2) is 9.07 Å². The van der Waals surface area contributed by atoms with Gasteiger partial charge in [0.05, 0.1) is 20.3 Å². The lowest BCUT2D eigenvalue weighted by atomic mass is 10.2. The molecule has 1 heterocycles. The van der Waals surface area contributed by atoms with Gasteiger partial charge in [0.25, 0.3) is 0 Å². The Kier molecular flexibility index (Phi) is 4.69. The highest BCUT2D eigenvalue weighted by atomic mass is 32.2. The van der Waals surface area contributed by atoms with E-state index in [-0.39, 0.29) is 12.4 Å². The zero-order valence-electron chi connectivity index (χ0n) is 10.3. The SMILES string of the molecule is COc1ccc(CSc2nnnn2CCO)cc1F. The Morgan fingerprint density at radius 2 is 2.32 bits per heavy atom. The number of ether oxygens (including phenoxy) is 1. The van der Waals surface area contributed by atoms with E-state index in [1.165, 1.54) is 29.6 Å². The molecule has 2 rings (SSSR count). The molecule has 0 amide bonds. The van der Waals surface area contributed by atoms with Gasteiger partial charge in [-0.15, -0.1) is 5.10 Å². The van der Waals surface area contributed by atoms with Crippen LogP contribution in [0.4, 0.5) is 4.39 Å². The third-order valence-electron chi connectivity index (χ3n) is 2.39. The highest BCUT2D eigenvalue weighted by molar-refractivity contribution is 7.98. The normalized spacial score (nSPS) is 10.7. The number of thioether (sulfide) groups is 1. The summed E-state index contributed by atoms with van der Waals surface area (Å²) in [5.41, 5.74) is 0.807. The minimum Gasteiger partial charge on any atom is -0.494 e. The minimum atomic E-state index is -0.393. The van der Waals surface area contributed by atoms with Crippen molar-refractivity contribution in [3.05, 3.63) is 29.6 Å². The molecule has 0 unspecified atom stereocenters. The maximum absolute atomic E-state index is 13.5. The van der Waals surface area contributed by atoms with E-state index in [9.17, 15) is 4.39 Å². The Hall–Kier alpha value is -1.67. The number of tetrazole rings is 1. The third-order valence-corrected chi connectivity index (χ3v) is 3.42. The van der Waals surface area contributed by atoms with E-state index < -0.39 is 5.82 Å². The van der Waals surface area contributed by atoms with E-state index in [0.717, 1.165) is 5.56 Å². The molecule has 1 aromatic carbocycles. The minimum absolute atomic E-state index is 0.0320. The van der Waals surface area contributed by atoms with Crippen molar-refractivity contribution in [3.8, 4) is 5.75 Å². The van der Waals surface area contributed by atoms with Gasteiger partial charge >= 0.3 is 0 Å². The second-order valence-corrected chi connectivity index (χ2v) is 4.61. The lowest BCUT2D eigenvalue weighted by Gasteiger charge is -2.05. The van der Waals surface area contributed by atoms with Gasteiger partial charge in [0, 0.05) is 5.75 Å². The Labute approximate surface area is 113 Å². The summed E-state index contributed by atoms with van der Waals surface area (Å²) in [5.74, 6) is 0.363. The number of aliphatic hydroxyl groups is 1. The summed E-state index contributed by atoms with van der Waals surface area (Å²) in [6.45, 7) is 0.308. The van der Waals surface area contributed by atoms with Crippen LogP contribution in [0.1, 0.15) is 5.56 Å². The van der Waals surface area contributed by atoms with Gasteiger partial charge in [-0.1, -0.05) is 17.8 Å². The van der Waals surface area contributed by atoms with E-state index in [1.807, 2.05) is 0 Å². The first kappa shape index (κ1) is 13.8. The topological polar surface area (TPSA) is 73.1 Å². The predicted molar refractivity (Wildman–Crippen MR) is 67.4 cm³/mol. The molecule has 6 nitrogen and oxygen atoms in total. The first-order chi connectivity index (χ1) is 9.24. The fourth-order valence-corrected chi connectivity index (χ4v) is 2.33. The van der Waals surface area contributed by atoms with Crippen LogP contribution < -0.4 is 4.74 Å². The zero-order chi connectivity index (χ0) is 13.7. The maximum atomic E-state index is 13.5. The molecule has 19 heavy (non-hydrogen) atoms. The summed E-state index contributed by atoms with van der Waals surface area (Å²) in [6, 6.07) is 4.79. The van der Waals surface area contributed by atoms with Crippen LogP contribution in [0.15, 0.2) is 23.4 Å². The highest BCUT2D eigenvalue weighted by Gasteiger charge is 2.08. The Bertz CT molecular complexity index is 549. The summed E-state index contributed by atoms with van der Waals surface area (Å²) < 4.78 is 19.9. The fraction of sp³-hybridized carbons (Fsp3) is 0.364. The standard InChI is InChI=1S/C11H13FN4O2S/c1-18-10-3-2-8(6-9(10)12)7-19-11-13-14-15-16(11)4-5-17/h2-3,6,17H,4-5,7H2,1H3. The number of methoxy groups -OCH3 is 1. The van der Waals surface area contributed by atoms with Crippen molar-refractivity contribution in [3.63, 3.8) is 0 Å². The van der Waals surface area contributed by atoms with E-state index in [1.54, 1.807) is 12.1 Å². The first-order valence-electron chi connectivity index (χ1n) is 5.57. The molecule has 0 saturated heterocycles. The smallest absolute Gasteiger partial charge is 0.209 e. The number of aromatic nitrogens is 4. The molecule has 0 aliphatic carbocycles. The highest BCUT2D eigenvalue weighted by Crippen LogP contribution is 2.23. The fourth-order valence-electron chi connectivity index (χ4n) is 1.48. The molecular formula is C11H13FN4O2S. The van der Waals surface area contributed by atoms with Crippen molar-refractivity contribution in [2.24, 2.45) is 0 Å². The lowest BCUT2D eigenvalue weighted by molar-refractivity contribution is 0.262. The Morgan fingerprint density at radius 1 is 1.47 bits per heavy atom. The molecule has 0 aliphatic heterocycles. The molecule has 0 spiro atoms. The number of hydrogen-bond acceptors (Lipinski definition) is 6. The van der Waals surface area contributed by atoms with Crippen LogP contribution in [0.5, 0.6) is 5.75 Å². The van der Waals surface area contributed by atoms with E-state index in [0.29, 0.717) is 17.5 Å². The molecule has 1 aromatic heterocycles. The summed E-state index contributed by atoms with van der Waals surface area (Å²) >= 11 is 1.38. The molecule has 0 aliphatic rings. The predicted octanol–water partition coefficient (Wildman–Crippen LogP) is 1.11. The monoisotopic (exact) mass is 284 g/mol. The molecule has 0 fully saturated rings. The molecule has 0 bridgehead atoms. The quantitative estimate of drug-likeness (QED) is 0.801. The first-order valence-corrected chi connectivity index (χ1v) is 6.55. The van der Waals surface area contributed by atoms with E-state index in [4.69, 9.17) is 9.84 Å². The van der Waals surface area contributed by atoms with Gasteiger partial charge in [0.1, 0.15) is 0 Å². The van der Waals surface area contributed by atoms with Gasteiger partial charge < -0.3 is 9.84 Å². The molecule has 2 aromatic rings. The van der Waals surface area contributed by atoms with Crippen LogP contribution in [0.2, 0.25) is 0 Å².